The molecule has 0 heterocycles. The van der Waals surface area contributed by atoms with E-state index in [2.05, 4.69) is 5.32 Å². The average molecular weight is 243 g/mol. The Kier molecular flexibility index (Phi) is 5.63. The fraction of sp³-hybridized carbons (Fsp3) is 0.500. The quantitative estimate of drug-likeness (QED) is 0.774. The van der Waals surface area contributed by atoms with Gasteiger partial charge in [0.2, 0.25) is 0 Å². The minimum atomic E-state index is -0.715. The van der Waals surface area contributed by atoms with E-state index in [4.69, 9.17) is 0 Å². The Morgan fingerprint density at radius 3 is 2.81 bits per heavy atom. The van der Waals surface area contributed by atoms with Gasteiger partial charge in [-0.15, -0.1) is 0 Å². The van der Waals surface area contributed by atoms with Crippen molar-refractivity contribution in [1.82, 2.24) is 5.32 Å². The third-order valence-corrected chi connectivity index (χ3v) is 3.68. The van der Waals surface area contributed by atoms with Gasteiger partial charge in [-0.25, -0.2) is 4.39 Å². The highest BCUT2D eigenvalue weighted by atomic mass is 32.2. The minimum Gasteiger partial charge on any atom is -0.312 e. The van der Waals surface area contributed by atoms with Crippen molar-refractivity contribution in [1.29, 1.82) is 0 Å². The number of hydrogen-bond acceptors (Lipinski definition) is 2. The van der Waals surface area contributed by atoms with E-state index in [-0.39, 0.29) is 5.82 Å². The molecule has 0 aliphatic carbocycles. The molecule has 1 aromatic rings. The second-order valence-corrected chi connectivity index (χ2v) is 5.56. The predicted molar refractivity (Wildman–Crippen MR) is 66.4 cm³/mol. The molecule has 90 valence electrons. The molecule has 2 nitrogen and oxygen atoms in total. The number of benzene rings is 1. The van der Waals surface area contributed by atoms with E-state index in [0.29, 0.717) is 23.6 Å². The van der Waals surface area contributed by atoms with Gasteiger partial charge in [0, 0.05) is 35.4 Å². The fourth-order valence-electron chi connectivity index (χ4n) is 1.38. The topological polar surface area (TPSA) is 29.1 Å². The van der Waals surface area contributed by atoms with Crippen molar-refractivity contribution < 1.29 is 8.60 Å². The number of halogens is 1. The molecule has 0 radical (unpaired) electrons. The molecule has 0 aromatic heterocycles. The summed E-state index contributed by atoms with van der Waals surface area (Å²) in [6, 6.07) is 5.09. The average Bonchev–Trinajstić information content (AvgIpc) is 2.28. The summed E-state index contributed by atoms with van der Waals surface area (Å²) in [5.41, 5.74) is 1.72. The Balaban J connectivity index is 2.32. The van der Waals surface area contributed by atoms with Gasteiger partial charge in [0.25, 0.3) is 0 Å². The Bertz CT molecular complexity index is 368. The second-order valence-electron chi connectivity index (χ2n) is 3.69. The van der Waals surface area contributed by atoms with Crippen LogP contribution in [0.4, 0.5) is 4.39 Å². The van der Waals surface area contributed by atoms with Gasteiger partial charge in [0.15, 0.2) is 0 Å². The molecule has 1 rings (SSSR count). The van der Waals surface area contributed by atoms with Crippen LogP contribution in [0.1, 0.15) is 18.1 Å². The zero-order chi connectivity index (χ0) is 12.0. The molecule has 1 aromatic carbocycles. The van der Waals surface area contributed by atoms with Gasteiger partial charge >= 0.3 is 0 Å². The summed E-state index contributed by atoms with van der Waals surface area (Å²) in [6.07, 6.45) is 0. The summed E-state index contributed by atoms with van der Waals surface area (Å²) in [5.74, 6) is 1.21. The normalized spacial score (nSPS) is 12.7. The number of hydrogen-bond donors (Lipinski definition) is 1. The second kappa shape index (κ2) is 6.76. The van der Waals surface area contributed by atoms with E-state index in [1.165, 1.54) is 6.07 Å². The van der Waals surface area contributed by atoms with Crippen LogP contribution in [0.15, 0.2) is 18.2 Å². The number of rotatable bonds is 6. The molecule has 0 amide bonds. The lowest BCUT2D eigenvalue weighted by Crippen LogP contribution is -2.20. The van der Waals surface area contributed by atoms with Crippen molar-refractivity contribution >= 4 is 10.8 Å². The van der Waals surface area contributed by atoms with Crippen LogP contribution in [-0.2, 0) is 17.3 Å². The van der Waals surface area contributed by atoms with E-state index in [9.17, 15) is 8.60 Å². The van der Waals surface area contributed by atoms with Gasteiger partial charge in [-0.1, -0.05) is 19.1 Å². The van der Waals surface area contributed by atoms with Crippen molar-refractivity contribution in [3.8, 4) is 0 Å². The van der Waals surface area contributed by atoms with Crippen LogP contribution in [0.3, 0.4) is 0 Å². The summed E-state index contributed by atoms with van der Waals surface area (Å²) >= 11 is 0. The molecule has 0 aliphatic heterocycles. The highest BCUT2D eigenvalue weighted by Gasteiger charge is 1.99. The van der Waals surface area contributed by atoms with E-state index in [0.717, 1.165) is 12.1 Å². The SMILES string of the molecule is CCS(=O)CCNCc1ccc(F)c(C)c1. The third kappa shape index (κ3) is 4.41. The van der Waals surface area contributed by atoms with Gasteiger partial charge in [0.1, 0.15) is 5.82 Å². The predicted octanol–water partition coefficient (Wildman–Crippen LogP) is 1.99. The van der Waals surface area contributed by atoms with Crippen LogP contribution in [0.2, 0.25) is 0 Å². The monoisotopic (exact) mass is 243 g/mol. The lowest BCUT2D eigenvalue weighted by Gasteiger charge is -2.05. The largest absolute Gasteiger partial charge is 0.312 e. The molecular formula is C12H18FNOS. The Hall–Kier alpha value is -0.740. The Labute approximate surface area is 98.7 Å². The van der Waals surface area contributed by atoms with Crippen molar-refractivity contribution in [2.75, 3.05) is 18.1 Å². The lowest BCUT2D eigenvalue weighted by atomic mass is 10.1. The molecule has 0 saturated heterocycles. The lowest BCUT2D eigenvalue weighted by molar-refractivity contribution is 0.616. The molecule has 0 aliphatic rings. The first-order valence-electron chi connectivity index (χ1n) is 5.44. The maximum Gasteiger partial charge on any atom is 0.126 e. The fourth-order valence-corrected chi connectivity index (χ4v) is 2.04. The van der Waals surface area contributed by atoms with Gasteiger partial charge in [-0.05, 0) is 24.1 Å². The van der Waals surface area contributed by atoms with Crippen LogP contribution >= 0.6 is 0 Å². The first kappa shape index (κ1) is 13.3. The van der Waals surface area contributed by atoms with Crippen LogP contribution in [-0.4, -0.2) is 22.3 Å². The minimum absolute atomic E-state index is 0.171. The zero-order valence-electron chi connectivity index (χ0n) is 9.75. The van der Waals surface area contributed by atoms with Crippen LogP contribution in [0.25, 0.3) is 0 Å². The van der Waals surface area contributed by atoms with Crippen LogP contribution in [0, 0.1) is 12.7 Å². The van der Waals surface area contributed by atoms with E-state index in [1.807, 2.05) is 13.0 Å². The van der Waals surface area contributed by atoms with E-state index < -0.39 is 10.8 Å². The molecular weight excluding hydrogens is 225 g/mol. The van der Waals surface area contributed by atoms with Gasteiger partial charge in [-0.2, -0.15) is 0 Å². The molecule has 1 N–H and O–H groups in total. The standard InChI is InChI=1S/C12H18FNOS/c1-3-16(15)7-6-14-9-11-4-5-12(13)10(2)8-11/h4-5,8,14H,3,6-7,9H2,1-2H3. The smallest absolute Gasteiger partial charge is 0.126 e. The molecule has 1 unspecified atom stereocenters. The molecule has 4 heteroatoms. The van der Waals surface area contributed by atoms with Gasteiger partial charge in [-0.3, -0.25) is 4.21 Å². The first-order chi connectivity index (χ1) is 7.63. The van der Waals surface area contributed by atoms with Crippen molar-refractivity contribution in [2.24, 2.45) is 0 Å². The van der Waals surface area contributed by atoms with Gasteiger partial charge < -0.3 is 5.32 Å². The summed E-state index contributed by atoms with van der Waals surface area (Å²) in [5, 5.41) is 3.20. The van der Waals surface area contributed by atoms with Crippen molar-refractivity contribution in [3.63, 3.8) is 0 Å². The van der Waals surface area contributed by atoms with Gasteiger partial charge in [0.05, 0.1) is 0 Å². The third-order valence-electron chi connectivity index (χ3n) is 2.38. The summed E-state index contributed by atoms with van der Waals surface area (Å²) in [4.78, 5) is 0. The van der Waals surface area contributed by atoms with E-state index in [1.54, 1.807) is 13.0 Å². The van der Waals surface area contributed by atoms with Crippen molar-refractivity contribution in [2.45, 2.75) is 20.4 Å². The van der Waals surface area contributed by atoms with Crippen LogP contribution in [0.5, 0.6) is 0 Å². The Morgan fingerprint density at radius 1 is 1.44 bits per heavy atom. The first-order valence-corrected chi connectivity index (χ1v) is 6.93. The summed E-state index contributed by atoms with van der Waals surface area (Å²) < 4.78 is 24.1. The van der Waals surface area contributed by atoms with Crippen LogP contribution < -0.4 is 5.32 Å². The maximum absolute atomic E-state index is 13.0. The molecule has 0 spiro atoms. The molecule has 0 fully saturated rings. The number of nitrogens with one attached hydrogen (secondary N) is 1. The molecule has 0 bridgehead atoms. The highest BCUT2D eigenvalue weighted by Crippen LogP contribution is 2.08. The Morgan fingerprint density at radius 2 is 2.19 bits per heavy atom. The highest BCUT2D eigenvalue weighted by molar-refractivity contribution is 7.84. The maximum atomic E-state index is 13.0. The molecule has 16 heavy (non-hydrogen) atoms. The molecule has 0 saturated carbocycles. The number of aryl methyl sites for hydroxylation is 1. The van der Waals surface area contributed by atoms with E-state index >= 15 is 0 Å². The van der Waals surface area contributed by atoms with Crippen molar-refractivity contribution in [3.05, 3.63) is 35.1 Å². The zero-order valence-corrected chi connectivity index (χ0v) is 10.6. The summed E-state index contributed by atoms with van der Waals surface area (Å²) in [6.45, 7) is 5.10. The molecule has 1 atom stereocenters. The summed E-state index contributed by atoms with van der Waals surface area (Å²) in [7, 11) is -0.715.